The zero-order chi connectivity index (χ0) is 15.4. The lowest BCUT2D eigenvalue weighted by Crippen LogP contribution is -2.26. The maximum absolute atomic E-state index is 11.8. The highest BCUT2D eigenvalue weighted by Crippen LogP contribution is 2.23. The average molecular weight is 296 g/mol. The first-order valence-electron chi connectivity index (χ1n) is 7.18. The summed E-state index contributed by atoms with van der Waals surface area (Å²) in [5, 5.41) is 5.68. The Kier molecular flexibility index (Phi) is 4.09. The molecule has 2 aromatic rings. The Morgan fingerprint density at radius 3 is 3.00 bits per heavy atom. The SMILES string of the molecule is O=C1CCc2cc(CCNC(=O)c3cnccn3)ccc2N1. The molecule has 0 saturated carbocycles. The van der Waals surface area contributed by atoms with Crippen LogP contribution in [0.4, 0.5) is 5.69 Å². The second-order valence-electron chi connectivity index (χ2n) is 5.14. The summed E-state index contributed by atoms with van der Waals surface area (Å²) in [7, 11) is 0. The lowest BCUT2D eigenvalue weighted by molar-refractivity contribution is -0.116. The average Bonchev–Trinajstić information content (AvgIpc) is 2.55. The third-order valence-corrected chi connectivity index (χ3v) is 3.56. The van der Waals surface area contributed by atoms with Gasteiger partial charge in [0.05, 0.1) is 6.20 Å². The molecule has 6 nitrogen and oxygen atoms in total. The minimum Gasteiger partial charge on any atom is -0.350 e. The molecule has 0 saturated heterocycles. The molecule has 2 heterocycles. The number of rotatable bonds is 4. The third kappa shape index (κ3) is 3.28. The third-order valence-electron chi connectivity index (χ3n) is 3.56. The lowest BCUT2D eigenvalue weighted by Gasteiger charge is -2.17. The van der Waals surface area contributed by atoms with Gasteiger partial charge in [-0.3, -0.25) is 14.6 Å². The maximum atomic E-state index is 11.8. The van der Waals surface area contributed by atoms with Crippen LogP contribution in [0.3, 0.4) is 0 Å². The Morgan fingerprint density at radius 1 is 1.27 bits per heavy atom. The van der Waals surface area contributed by atoms with Gasteiger partial charge in [-0.2, -0.15) is 0 Å². The van der Waals surface area contributed by atoms with Gasteiger partial charge in [-0.1, -0.05) is 12.1 Å². The molecule has 0 unspecified atom stereocenters. The normalized spacial score (nSPS) is 13.2. The molecule has 1 aliphatic heterocycles. The Morgan fingerprint density at radius 2 is 2.18 bits per heavy atom. The Bertz CT molecular complexity index is 701. The van der Waals surface area contributed by atoms with Gasteiger partial charge < -0.3 is 10.6 Å². The van der Waals surface area contributed by atoms with E-state index in [1.165, 1.54) is 18.6 Å². The van der Waals surface area contributed by atoms with Gasteiger partial charge in [-0.15, -0.1) is 0 Å². The van der Waals surface area contributed by atoms with Crippen molar-refractivity contribution in [3.8, 4) is 0 Å². The van der Waals surface area contributed by atoms with Gasteiger partial charge >= 0.3 is 0 Å². The van der Waals surface area contributed by atoms with Gasteiger partial charge in [-0.05, 0) is 30.0 Å². The van der Waals surface area contributed by atoms with Crippen molar-refractivity contribution in [3.63, 3.8) is 0 Å². The Hall–Kier alpha value is -2.76. The highest BCUT2D eigenvalue weighted by atomic mass is 16.2. The second-order valence-corrected chi connectivity index (χ2v) is 5.14. The van der Waals surface area contributed by atoms with E-state index in [0.29, 0.717) is 18.7 Å². The number of hydrogen-bond donors (Lipinski definition) is 2. The Balaban J connectivity index is 1.56. The zero-order valence-corrected chi connectivity index (χ0v) is 12.0. The van der Waals surface area contributed by atoms with E-state index < -0.39 is 0 Å². The first-order chi connectivity index (χ1) is 10.7. The van der Waals surface area contributed by atoms with E-state index in [1.54, 1.807) is 0 Å². The summed E-state index contributed by atoms with van der Waals surface area (Å²) in [6, 6.07) is 5.98. The van der Waals surface area contributed by atoms with Crippen molar-refractivity contribution in [1.29, 1.82) is 0 Å². The van der Waals surface area contributed by atoms with Gasteiger partial charge in [-0.25, -0.2) is 4.98 Å². The lowest BCUT2D eigenvalue weighted by atomic mass is 9.99. The number of carbonyl (C=O) groups excluding carboxylic acids is 2. The van der Waals surface area contributed by atoms with Crippen LogP contribution in [0.1, 0.15) is 28.0 Å². The Labute approximate surface area is 128 Å². The van der Waals surface area contributed by atoms with Crippen molar-refractivity contribution in [3.05, 3.63) is 53.6 Å². The van der Waals surface area contributed by atoms with Crippen molar-refractivity contribution in [2.24, 2.45) is 0 Å². The van der Waals surface area contributed by atoms with E-state index in [-0.39, 0.29) is 11.8 Å². The van der Waals surface area contributed by atoms with Crippen molar-refractivity contribution < 1.29 is 9.59 Å². The van der Waals surface area contributed by atoms with Gasteiger partial charge in [0.15, 0.2) is 0 Å². The fourth-order valence-electron chi connectivity index (χ4n) is 2.42. The molecule has 1 aromatic carbocycles. The zero-order valence-electron chi connectivity index (χ0n) is 12.0. The highest BCUT2D eigenvalue weighted by molar-refractivity contribution is 5.94. The number of aromatic nitrogens is 2. The largest absolute Gasteiger partial charge is 0.350 e. The van der Waals surface area contributed by atoms with Crippen LogP contribution in [-0.4, -0.2) is 28.3 Å². The molecule has 2 N–H and O–H groups in total. The van der Waals surface area contributed by atoms with Crippen LogP contribution in [0.25, 0.3) is 0 Å². The molecule has 22 heavy (non-hydrogen) atoms. The quantitative estimate of drug-likeness (QED) is 0.891. The smallest absolute Gasteiger partial charge is 0.271 e. The molecule has 1 aromatic heterocycles. The number of nitrogens with one attached hydrogen (secondary N) is 2. The predicted molar refractivity (Wildman–Crippen MR) is 81.5 cm³/mol. The first-order valence-corrected chi connectivity index (χ1v) is 7.18. The minimum absolute atomic E-state index is 0.0662. The fraction of sp³-hybridized carbons (Fsp3) is 0.250. The molecule has 1 aliphatic rings. The topological polar surface area (TPSA) is 84.0 Å². The van der Waals surface area contributed by atoms with Gasteiger partial charge in [0.2, 0.25) is 5.91 Å². The van der Waals surface area contributed by atoms with Crippen LogP contribution < -0.4 is 10.6 Å². The summed E-state index contributed by atoms with van der Waals surface area (Å²) in [5.74, 6) is -0.158. The summed E-state index contributed by atoms with van der Waals surface area (Å²) in [6.45, 7) is 0.528. The van der Waals surface area contributed by atoms with Crippen LogP contribution in [0.5, 0.6) is 0 Å². The second kappa shape index (κ2) is 6.34. The molecule has 0 spiro atoms. The van der Waals surface area contributed by atoms with Crippen LogP contribution in [0.2, 0.25) is 0 Å². The van der Waals surface area contributed by atoms with Gasteiger partial charge in [0, 0.05) is 31.0 Å². The summed E-state index contributed by atoms with van der Waals surface area (Å²) in [6.07, 6.45) is 6.49. The molecule has 2 amide bonds. The molecular formula is C16H16N4O2. The summed E-state index contributed by atoms with van der Waals surface area (Å²) in [5.41, 5.74) is 3.49. The van der Waals surface area contributed by atoms with Crippen molar-refractivity contribution in [1.82, 2.24) is 15.3 Å². The monoisotopic (exact) mass is 296 g/mol. The van der Waals surface area contributed by atoms with Crippen LogP contribution >= 0.6 is 0 Å². The number of nitrogens with zero attached hydrogens (tertiary/aromatic N) is 2. The number of amides is 2. The van der Waals surface area contributed by atoms with E-state index in [9.17, 15) is 9.59 Å². The predicted octanol–water partition coefficient (Wildman–Crippen LogP) is 1.33. The van der Waals surface area contributed by atoms with Crippen LogP contribution in [-0.2, 0) is 17.6 Å². The molecule has 0 aliphatic carbocycles. The standard InChI is InChI=1S/C16H16N4O2/c21-15-4-2-12-9-11(1-3-13(12)20-15)5-6-19-16(22)14-10-17-7-8-18-14/h1,3,7-10H,2,4-6H2,(H,19,22)(H,20,21). The van der Waals surface area contributed by atoms with Gasteiger partial charge in [0.1, 0.15) is 5.69 Å². The molecule has 0 fully saturated rings. The summed E-state index contributed by atoms with van der Waals surface area (Å²) < 4.78 is 0. The molecule has 6 heteroatoms. The van der Waals surface area contributed by atoms with E-state index in [2.05, 4.69) is 26.7 Å². The summed E-state index contributed by atoms with van der Waals surface area (Å²) in [4.78, 5) is 31.0. The molecular weight excluding hydrogens is 280 g/mol. The highest BCUT2D eigenvalue weighted by Gasteiger charge is 2.14. The molecule has 0 radical (unpaired) electrons. The number of anilines is 1. The van der Waals surface area contributed by atoms with E-state index in [1.807, 2.05) is 12.1 Å². The first kappa shape index (κ1) is 14.2. The van der Waals surface area contributed by atoms with Gasteiger partial charge in [0.25, 0.3) is 5.91 Å². The number of hydrogen-bond acceptors (Lipinski definition) is 4. The van der Waals surface area contributed by atoms with E-state index in [0.717, 1.165) is 29.7 Å². The van der Waals surface area contributed by atoms with E-state index >= 15 is 0 Å². The van der Waals surface area contributed by atoms with Crippen molar-refractivity contribution >= 4 is 17.5 Å². The molecule has 3 rings (SSSR count). The fourth-order valence-corrected chi connectivity index (χ4v) is 2.42. The van der Waals surface area contributed by atoms with Crippen molar-refractivity contribution in [2.45, 2.75) is 19.3 Å². The molecule has 0 bridgehead atoms. The van der Waals surface area contributed by atoms with E-state index in [4.69, 9.17) is 0 Å². The van der Waals surface area contributed by atoms with Crippen LogP contribution in [0.15, 0.2) is 36.8 Å². The van der Waals surface area contributed by atoms with Crippen molar-refractivity contribution in [2.75, 3.05) is 11.9 Å². The molecule has 112 valence electrons. The number of fused-ring (bicyclic) bond motifs is 1. The molecule has 0 atom stereocenters. The van der Waals surface area contributed by atoms with Crippen LogP contribution in [0, 0.1) is 0 Å². The number of carbonyl (C=O) groups is 2. The number of aryl methyl sites for hydroxylation is 1. The summed E-state index contributed by atoms with van der Waals surface area (Å²) >= 11 is 0. The maximum Gasteiger partial charge on any atom is 0.271 e. The minimum atomic E-state index is -0.224. The number of benzene rings is 1.